The highest BCUT2D eigenvalue weighted by molar-refractivity contribution is 5.06. The molecule has 0 aliphatic heterocycles. The monoisotopic (exact) mass is 309 g/mol. The van der Waals surface area contributed by atoms with E-state index in [1.165, 1.54) is 51.4 Å². The molecule has 1 aromatic rings. The van der Waals surface area contributed by atoms with Gasteiger partial charge in [-0.25, -0.2) is 0 Å². The van der Waals surface area contributed by atoms with Crippen molar-refractivity contribution in [3.63, 3.8) is 0 Å². The molecule has 4 nitrogen and oxygen atoms in total. The van der Waals surface area contributed by atoms with Gasteiger partial charge in [0.2, 0.25) is 0 Å². The molecule has 1 radical (unpaired) electrons. The molecule has 0 aromatic carbocycles. The summed E-state index contributed by atoms with van der Waals surface area (Å²) in [5, 5.41) is 13.2. The molecule has 0 aliphatic carbocycles. The number of hydrogen-bond acceptors (Lipinski definition) is 4. The van der Waals surface area contributed by atoms with Crippen molar-refractivity contribution in [3.05, 3.63) is 24.4 Å². The molecule has 127 valence electrons. The van der Waals surface area contributed by atoms with Crippen LogP contribution < -0.4 is 5.73 Å². The highest BCUT2D eigenvalue weighted by atomic mass is 16.5. The Morgan fingerprint density at radius 2 is 1.77 bits per heavy atom. The van der Waals surface area contributed by atoms with Gasteiger partial charge in [0.15, 0.2) is 0 Å². The highest BCUT2D eigenvalue weighted by Gasteiger charge is 2.18. The van der Waals surface area contributed by atoms with Crippen LogP contribution in [0.15, 0.2) is 10.6 Å². The third-order valence-corrected chi connectivity index (χ3v) is 4.08. The van der Waals surface area contributed by atoms with Crippen molar-refractivity contribution >= 4 is 0 Å². The molecular weight excluding hydrogens is 276 g/mol. The van der Waals surface area contributed by atoms with E-state index in [0.29, 0.717) is 12.8 Å². The molecular formula is C18H33N2O2. The van der Waals surface area contributed by atoms with Crippen molar-refractivity contribution in [2.75, 3.05) is 6.61 Å². The third-order valence-electron chi connectivity index (χ3n) is 4.08. The molecule has 0 fully saturated rings. The fraction of sp³-hybridized carbons (Fsp3) is 0.778. The minimum Gasteiger partial charge on any atom is -0.394 e. The summed E-state index contributed by atoms with van der Waals surface area (Å²) >= 11 is 0. The number of aliphatic hydroxyl groups is 1. The van der Waals surface area contributed by atoms with Crippen LogP contribution in [0, 0.1) is 6.92 Å². The topological polar surface area (TPSA) is 72.3 Å². The second-order valence-electron chi connectivity index (χ2n) is 6.53. The first-order valence-electron chi connectivity index (χ1n) is 8.77. The van der Waals surface area contributed by atoms with Crippen LogP contribution in [-0.4, -0.2) is 22.4 Å². The van der Waals surface area contributed by atoms with Gasteiger partial charge in [0.25, 0.3) is 0 Å². The van der Waals surface area contributed by atoms with Crippen LogP contribution in [0.4, 0.5) is 0 Å². The summed E-state index contributed by atoms with van der Waals surface area (Å²) < 4.78 is 5.31. The third kappa shape index (κ3) is 8.54. The lowest BCUT2D eigenvalue weighted by atomic mass is 9.97. The molecule has 0 aliphatic rings. The minimum absolute atomic E-state index is 0.119. The highest BCUT2D eigenvalue weighted by Crippen LogP contribution is 2.14. The molecule has 0 saturated heterocycles. The van der Waals surface area contributed by atoms with Crippen molar-refractivity contribution in [1.82, 2.24) is 5.16 Å². The lowest BCUT2D eigenvalue weighted by molar-refractivity contribution is 0.215. The van der Waals surface area contributed by atoms with Crippen LogP contribution in [0.1, 0.15) is 76.2 Å². The summed E-state index contributed by atoms with van der Waals surface area (Å²) in [5.74, 6) is 0.835. The first-order chi connectivity index (χ1) is 10.6. The quantitative estimate of drug-likeness (QED) is 0.543. The fourth-order valence-electron chi connectivity index (χ4n) is 2.48. The van der Waals surface area contributed by atoms with Gasteiger partial charge >= 0.3 is 0 Å². The molecule has 22 heavy (non-hydrogen) atoms. The maximum Gasteiger partial charge on any atom is 0.137 e. The number of hydrogen-bond donors (Lipinski definition) is 2. The Bertz CT molecular complexity index is 388. The van der Waals surface area contributed by atoms with E-state index in [9.17, 15) is 0 Å². The van der Waals surface area contributed by atoms with E-state index in [2.05, 4.69) is 19.0 Å². The zero-order valence-electron chi connectivity index (χ0n) is 14.1. The smallest absolute Gasteiger partial charge is 0.137 e. The SMILES string of the molecule is [CH2]C(N)(CO)CCc1cc(CCCCCCCCCC)no1. The van der Waals surface area contributed by atoms with Gasteiger partial charge < -0.3 is 15.4 Å². The molecule has 4 heteroatoms. The minimum atomic E-state index is -0.787. The molecule has 0 saturated carbocycles. The summed E-state index contributed by atoms with van der Waals surface area (Å²) in [7, 11) is 0. The van der Waals surface area contributed by atoms with Crippen LogP contribution in [0.2, 0.25) is 0 Å². The molecule has 0 amide bonds. The van der Waals surface area contributed by atoms with Crippen molar-refractivity contribution < 1.29 is 9.63 Å². The first-order valence-corrected chi connectivity index (χ1v) is 8.77. The van der Waals surface area contributed by atoms with Gasteiger partial charge in [0.05, 0.1) is 12.3 Å². The molecule has 3 N–H and O–H groups in total. The number of aromatic nitrogens is 1. The van der Waals surface area contributed by atoms with E-state index in [1.54, 1.807) is 0 Å². The largest absolute Gasteiger partial charge is 0.394 e. The summed E-state index contributed by atoms with van der Waals surface area (Å²) in [5.41, 5.74) is 6.04. The Balaban J connectivity index is 2.10. The normalized spacial score (nSPS) is 14.2. The molecule has 0 spiro atoms. The van der Waals surface area contributed by atoms with Crippen molar-refractivity contribution in [1.29, 1.82) is 0 Å². The lowest BCUT2D eigenvalue weighted by Crippen LogP contribution is -2.40. The first kappa shape index (κ1) is 19.2. The van der Waals surface area contributed by atoms with Gasteiger partial charge in [0.1, 0.15) is 5.76 Å². The van der Waals surface area contributed by atoms with Crippen molar-refractivity contribution in [2.45, 2.75) is 83.1 Å². The fourth-order valence-corrected chi connectivity index (χ4v) is 2.48. The second-order valence-corrected chi connectivity index (χ2v) is 6.53. The predicted molar refractivity (Wildman–Crippen MR) is 90.5 cm³/mol. The Morgan fingerprint density at radius 3 is 2.41 bits per heavy atom. The van der Waals surface area contributed by atoms with Gasteiger partial charge in [-0.2, -0.15) is 0 Å². The molecule has 1 rings (SSSR count). The Morgan fingerprint density at radius 1 is 1.14 bits per heavy atom. The number of nitrogens with two attached hydrogens (primary N) is 1. The van der Waals surface area contributed by atoms with Gasteiger partial charge in [-0.3, -0.25) is 0 Å². The van der Waals surface area contributed by atoms with Gasteiger partial charge in [-0.05, 0) is 26.2 Å². The van der Waals surface area contributed by atoms with Gasteiger partial charge in [0, 0.05) is 18.0 Å². The maximum absolute atomic E-state index is 9.08. The molecule has 0 bridgehead atoms. The van der Waals surface area contributed by atoms with Gasteiger partial charge in [-0.1, -0.05) is 57.0 Å². The zero-order chi connectivity index (χ0) is 16.3. The van der Waals surface area contributed by atoms with Gasteiger partial charge in [-0.15, -0.1) is 0 Å². The average molecular weight is 309 g/mol. The Kier molecular flexibility index (Phi) is 9.41. The van der Waals surface area contributed by atoms with Crippen LogP contribution in [0.25, 0.3) is 0 Å². The Hall–Kier alpha value is -0.870. The average Bonchev–Trinajstić information content (AvgIpc) is 2.96. The van der Waals surface area contributed by atoms with E-state index < -0.39 is 5.54 Å². The number of unbranched alkanes of at least 4 members (excludes halogenated alkanes) is 7. The zero-order valence-corrected chi connectivity index (χ0v) is 14.1. The summed E-state index contributed by atoms with van der Waals surface area (Å²) in [6, 6.07) is 2.01. The lowest BCUT2D eigenvalue weighted by Gasteiger charge is -2.19. The summed E-state index contributed by atoms with van der Waals surface area (Å²) in [6.07, 6.45) is 12.8. The molecule has 1 aromatic heterocycles. The molecule has 1 atom stereocenters. The molecule has 1 unspecified atom stereocenters. The number of rotatable bonds is 13. The predicted octanol–water partition coefficient (Wildman–Crippen LogP) is 3.81. The van der Waals surface area contributed by atoms with Crippen LogP contribution in [-0.2, 0) is 12.8 Å². The van der Waals surface area contributed by atoms with E-state index in [4.69, 9.17) is 15.4 Å². The van der Waals surface area contributed by atoms with Crippen LogP contribution >= 0.6 is 0 Å². The van der Waals surface area contributed by atoms with E-state index in [1.807, 2.05) is 6.07 Å². The number of nitrogens with zero attached hydrogens (tertiary/aromatic N) is 1. The van der Waals surface area contributed by atoms with Crippen molar-refractivity contribution in [3.8, 4) is 0 Å². The van der Waals surface area contributed by atoms with Crippen LogP contribution in [0.3, 0.4) is 0 Å². The number of aliphatic hydroxyl groups excluding tert-OH is 1. The second kappa shape index (κ2) is 10.8. The summed E-state index contributed by atoms with van der Waals surface area (Å²) in [6.45, 7) is 5.90. The maximum atomic E-state index is 9.08. The van der Waals surface area contributed by atoms with E-state index >= 15 is 0 Å². The summed E-state index contributed by atoms with van der Waals surface area (Å²) in [4.78, 5) is 0. The van der Waals surface area contributed by atoms with E-state index in [-0.39, 0.29) is 6.61 Å². The van der Waals surface area contributed by atoms with Crippen LogP contribution in [0.5, 0.6) is 0 Å². The Labute approximate surface area is 135 Å². The molecule has 1 heterocycles. The van der Waals surface area contributed by atoms with Crippen molar-refractivity contribution in [2.24, 2.45) is 5.73 Å². The number of aryl methyl sites for hydroxylation is 2. The van der Waals surface area contributed by atoms with E-state index in [0.717, 1.165) is 17.9 Å². The standard InChI is InChI=1S/C18H33N2O2/c1-3-4-5-6-7-8-9-10-11-16-14-17(22-20-16)12-13-18(2,19)15-21/h14,21H,2-13,15,19H2,1H3.